The number of para-hydroxylation sites is 2. The number of benzene rings is 1. The van der Waals surface area contributed by atoms with E-state index >= 15 is 0 Å². The third kappa shape index (κ3) is 4.90. The monoisotopic (exact) mass is 414 g/mol. The van der Waals surface area contributed by atoms with Gasteiger partial charge in [-0.05, 0) is 18.6 Å². The second kappa shape index (κ2) is 9.01. The quantitative estimate of drug-likeness (QED) is 0.529. The fourth-order valence-electron chi connectivity index (χ4n) is 3.06. The zero-order chi connectivity index (χ0) is 20.1. The summed E-state index contributed by atoms with van der Waals surface area (Å²) in [4.78, 5) is 38.4. The SMILES string of the molecule is O=C(CCCc1nc2ccccc2[nH]1)NNC(=O)c1csc(N2CCOCC2)n1. The van der Waals surface area contributed by atoms with Crippen molar-refractivity contribution in [1.29, 1.82) is 0 Å². The molecule has 0 unspecified atom stereocenters. The van der Waals surface area contributed by atoms with Gasteiger partial charge in [0.2, 0.25) is 5.91 Å². The highest BCUT2D eigenvalue weighted by atomic mass is 32.1. The molecule has 0 aliphatic carbocycles. The second-order valence-electron chi connectivity index (χ2n) is 6.67. The van der Waals surface area contributed by atoms with Gasteiger partial charge in [-0.15, -0.1) is 11.3 Å². The summed E-state index contributed by atoms with van der Waals surface area (Å²) in [6, 6.07) is 7.81. The van der Waals surface area contributed by atoms with Crippen LogP contribution >= 0.6 is 11.3 Å². The lowest BCUT2D eigenvalue weighted by molar-refractivity contribution is -0.121. The van der Waals surface area contributed by atoms with Crippen molar-refractivity contribution in [3.05, 3.63) is 41.2 Å². The highest BCUT2D eigenvalue weighted by Crippen LogP contribution is 2.21. The summed E-state index contributed by atoms with van der Waals surface area (Å²) >= 11 is 1.41. The molecule has 1 saturated heterocycles. The van der Waals surface area contributed by atoms with Gasteiger partial charge < -0.3 is 14.6 Å². The Labute approximate surface area is 171 Å². The maximum Gasteiger partial charge on any atom is 0.289 e. The number of aromatic nitrogens is 3. The number of morpholine rings is 1. The Bertz CT molecular complexity index is 962. The number of thiazole rings is 1. The minimum absolute atomic E-state index is 0.252. The van der Waals surface area contributed by atoms with Crippen LogP contribution in [0.4, 0.5) is 5.13 Å². The molecular weight excluding hydrogens is 392 g/mol. The van der Waals surface area contributed by atoms with Crippen LogP contribution in [0.25, 0.3) is 11.0 Å². The average Bonchev–Trinajstić information content (AvgIpc) is 3.40. The first-order chi connectivity index (χ1) is 14.2. The Morgan fingerprint density at radius 1 is 1.17 bits per heavy atom. The number of carbonyl (C=O) groups excluding carboxylic acids is 2. The lowest BCUT2D eigenvalue weighted by Crippen LogP contribution is -2.41. The zero-order valence-electron chi connectivity index (χ0n) is 15.8. The zero-order valence-corrected chi connectivity index (χ0v) is 16.6. The normalized spacial score (nSPS) is 14.1. The number of anilines is 1. The smallest absolute Gasteiger partial charge is 0.289 e. The van der Waals surface area contributed by atoms with E-state index < -0.39 is 5.91 Å². The molecule has 0 bridgehead atoms. The van der Waals surface area contributed by atoms with Crippen molar-refractivity contribution >= 4 is 39.3 Å². The van der Waals surface area contributed by atoms with Gasteiger partial charge in [-0.25, -0.2) is 9.97 Å². The minimum Gasteiger partial charge on any atom is -0.378 e. The molecule has 1 fully saturated rings. The third-order valence-corrected chi connectivity index (χ3v) is 5.48. The van der Waals surface area contributed by atoms with Gasteiger partial charge in [0.1, 0.15) is 11.5 Å². The highest BCUT2D eigenvalue weighted by Gasteiger charge is 2.17. The van der Waals surface area contributed by atoms with Gasteiger partial charge in [0.25, 0.3) is 5.91 Å². The molecule has 0 atom stereocenters. The number of aromatic amines is 1. The summed E-state index contributed by atoms with van der Waals surface area (Å²) in [7, 11) is 0. The van der Waals surface area contributed by atoms with Crippen LogP contribution in [-0.2, 0) is 16.0 Å². The van der Waals surface area contributed by atoms with Gasteiger partial charge in [0.05, 0.1) is 24.2 Å². The molecule has 3 aromatic rings. The molecule has 3 N–H and O–H groups in total. The first-order valence-electron chi connectivity index (χ1n) is 9.50. The Morgan fingerprint density at radius 3 is 2.83 bits per heavy atom. The molecule has 0 radical (unpaired) electrons. The summed E-state index contributed by atoms with van der Waals surface area (Å²) < 4.78 is 5.32. The van der Waals surface area contributed by atoms with Crippen molar-refractivity contribution in [3.8, 4) is 0 Å². The van der Waals surface area contributed by atoms with Gasteiger partial charge in [-0.1, -0.05) is 12.1 Å². The van der Waals surface area contributed by atoms with Crippen LogP contribution in [0.1, 0.15) is 29.2 Å². The van der Waals surface area contributed by atoms with E-state index in [-0.39, 0.29) is 12.3 Å². The molecule has 152 valence electrons. The lowest BCUT2D eigenvalue weighted by Gasteiger charge is -2.25. The first kappa shape index (κ1) is 19.3. The van der Waals surface area contributed by atoms with Gasteiger partial charge in [0, 0.05) is 31.3 Å². The van der Waals surface area contributed by atoms with Crippen LogP contribution < -0.4 is 15.8 Å². The Balaban J connectivity index is 1.20. The number of imidazole rings is 1. The number of aryl methyl sites for hydroxylation is 1. The van der Waals surface area contributed by atoms with Gasteiger partial charge in [-0.2, -0.15) is 0 Å². The summed E-state index contributed by atoms with van der Waals surface area (Å²) in [5.74, 6) is 0.172. The second-order valence-corrected chi connectivity index (χ2v) is 7.51. The number of rotatable bonds is 6. The average molecular weight is 414 g/mol. The van der Waals surface area contributed by atoms with Gasteiger partial charge in [0.15, 0.2) is 5.13 Å². The number of hydrazine groups is 1. The lowest BCUT2D eigenvalue weighted by atomic mass is 10.2. The van der Waals surface area contributed by atoms with E-state index in [0.717, 1.165) is 35.1 Å². The van der Waals surface area contributed by atoms with Gasteiger partial charge >= 0.3 is 0 Å². The number of H-pyrrole nitrogens is 1. The molecule has 10 heteroatoms. The van der Waals surface area contributed by atoms with Crippen LogP contribution in [0.2, 0.25) is 0 Å². The third-order valence-electron chi connectivity index (χ3n) is 4.58. The first-order valence-corrected chi connectivity index (χ1v) is 10.4. The molecule has 0 spiro atoms. The van der Waals surface area contributed by atoms with E-state index in [1.165, 1.54) is 11.3 Å². The standard InChI is InChI=1S/C19H22N6O3S/c26-17(7-3-6-16-20-13-4-1-2-5-14(13)21-16)23-24-18(27)15-12-29-19(22-15)25-8-10-28-11-9-25/h1-2,4-5,12H,3,6-11H2,(H,20,21)(H,23,26)(H,24,27). The van der Waals surface area contributed by atoms with Crippen LogP contribution in [0.15, 0.2) is 29.6 Å². The molecule has 1 aromatic carbocycles. The molecule has 3 heterocycles. The fraction of sp³-hybridized carbons (Fsp3) is 0.368. The number of nitrogens with one attached hydrogen (secondary N) is 3. The van der Waals surface area contributed by atoms with Crippen LogP contribution in [0.3, 0.4) is 0 Å². The Morgan fingerprint density at radius 2 is 2.00 bits per heavy atom. The molecule has 0 saturated carbocycles. The van der Waals surface area contributed by atoms with Crippen molar-refractivity contribution < 1.29 is 14.3 Å². The number of hydrogen-bond donors (Lipinski definition) is 3. The fourth-order valence-corrected chi connectivity index (χ4v) is 3.92. The maximum atomic E-state index is 12.2. The molecule has 1 aliphatic heterocycles. The summed E-state index contributed by atoms with van der Waals surface area (Å²) in [5, 5.41) is 2.48. The number of nitrogens with zero attached hydrogens (tertiary/aromatic N) is 3. The summed E-state index contributed by atoms with van der Waals surface area (Å²) in [6.45, 7) is 2.84. The predicted molar refractivity (Wildman–Crippen MR) is 110 cm³/mol. The summed E-state index contributed by atoms with van der Waals surface area (Å²) in [6.07, 6.45) is 1.57. The largest absolute Gasteiger partial charge is 0.378 e. The van der Waals surface area contributed by atoms with E-state index in [4.69, 9.17) is 4.74 Å². The molecular formula is C19H22N6O3S. The van der Waals surface area contributed by atoms with E-state index in [0.29, 0.717) is 31.7 Å². The predicted octanol–water partition coefficient (Wildman–Crippen LogP) is 1.64. The van der Waals surface area contributed by atoms with Crippen LogP contribution in [0.5, 0.6) is 0 Å². The van der Waals surface area contributed by atoms with Crippen molar-refractivity contribution in [2.75, 3.05) is 31.2 Å². The van der Waals surface area contributed by atoms with Crippen molar-refractivity contribution in [2.24, 2.45) is 0 Å². The molecule has 9 nitrogen and oxygen atoms in total. The molecule has 29 heavy (non-hydrogen) atoms. The molecule has 2 aromatic heterocycles. The highest BCUT2D eigenvalue weighted by molar-refractivity contribution is 7.13. The van der Waals surface area contributed by atoms with E-state index in [1.807, 2.05) is 24.3 Å². The van der Waals surface area contributed by atoms with E-state index in [2.05, 4.69) is 30.7 Å². The van der Waals surface area contributed by atoms with Crippen LogP contribution in [-0.4, -0.2) is 53.1 Å². The molecule has 2 amide bonds. The topological polar surface area (TPSA) is 112 Å². The van der Waals surface area contributed by atoms with E-state index in [9.17, 15) is 9.59 Å². The van der Waals surface area contributed by atoms with Crippen molar-refractivity contribution in [1.82, 2.24) is 25.8 Å². The number of hydrogen-bond acceptors (Lipinski definition) is 7. The van der Waals surface area contributed by atoms with Crippen molar-refractivity contribution in [2.45, 2.75) is 19.3 Å². The number of fused-ring (bicyclic) bond motifs is 1. The molecule has 4 rings (SSSR count). The minimum atomic E-state index is -0.425. The Kier molecular flexibility index (Phi) is 6.01. The Hall–Kier alpha value is -2.98. The van der Waals surface area contributed by atoms with Crippen LogP contribution in [0, 0.1) is 0 Å². The number of carbonyl (C=O) groups is 2. The number of amides is 2. The maximum absolute atomic E-state index is 12.2. The summed E-state index contributed by atoms with van der Waals surface area (Å²) in [5.41, 5.74) is 7.06. The number of ether oxygens (including phenoxy) is 1. The van der Waals surface area contributed by atoms with E-state index in [1.54, 1.807) is 5.38 Å². The molecule has 1 aliphatic rings. The van der Waals surface area contributed by atoms with Crippen molar-refractivity contribution in [3.63, 3.8) is 0 Å². The van der Waals surface area contributed by atoms with Gasteiger partial charge in [-0.3, -0.25) is 20.4 Å².